The van der Waals surface area contributed by atoms with Crippen molar-refractivity contribution in [2.75, 3.05) is 5.32 Å². The maximum Gasteiger partial charge on any atom is 0.267 e. The highest BCUT2D eigenvalue weighted by Crippen LogP contribution is 2.31. The second kappa shape index (κ2) is 6.62. The fourth-order valence-electron chi connectivity index (χ4n) is 2.43. The Balaban J connectivity index is 1.52. The number of nitrogens with zero attached hydrogens (tertiary/aromatic N) is 3. The van der Waals surface area contributed by atoms with Crippen molar-refractivity contribution in [3.8, 4) is 15.6 Å². The van der Waals surface area contributed by atoms with Crippen LogP contribution in [0.5, 0.6) is 0 Å². The van der Waals surface area contributed by atoms with E-state index >= 15 is 0 Å². The first-order chi connectivity index (χ1) is 12.2. The van der Waals surface area contributed by atoms with Crippen molar-refractivity contribution in [1.82, 2.24) is 14.5 Å². The first kappa shape index (κ1) is 15.7. The van der Waals surface area contributed by atoms with Gasteiger partial charge in [-0.1, -0.05) is 6.07 Å². The summed E-state index contributed by atoms with van der Waals surface area (Å²) in [6.45, 7) is 1.87. The van der Waals surface area contributed by atoms with Crippen LogP contribution in [0, 0.1) is 6.92 Å². The summed E-state index contributed by atoms with van der Waals surface area (Å²) < 4.78 is 1.91. The number of aryl methyl sites for hydroxylation is 1. The number of nitrogens with one attached hydrogen (secondary N) is 1. The third kappa shape index (κ3) is 3.24. The molecule has 0 bridgehead atoms. The van der Waals surface area contributed by atoms with Crippen molar-refractivity contribution in [3.05, 3.63) is 71.1 Å². The molecule has 7 heteroatoms. The first-order valence-electron chi connectivity index (χ1n) is 7.62. The molecule has 0 aliphatic rings. The lowest BCUT2D eigenvalue weighted by atomic mass is 10.2. The first-order valence-corrected chi connectivity index (χ1v) is 9.31. The van der Waals surface area contributed by atoms with Crippen LogP contribution in [0.25, 0.3) is 15.6 Å². The lowest BCUT2D eigenvalue weighted by Crippen LogP contribution is -2.11. The number of aromatic nitrogens is 3. The van der Waals surface area contributed by atoms with Gasteiger partial charge in [-0.15, -0.1) is 22.7 Å². The smallest absolute Gasteiger partial charge is 0.267 e. The van der Waals surface area contributed by atoms with Gasteiger partial charge in [0.2, 0.25) is 0 Å². The summed E-state index contributed by atoms with van der Waals surface area (Å²) in [7, 11) is 0. The minimum Gasteiger partial charge on any atom is -0.321 e. The van der Waals surface area contributed by atoms with E-state index in [1.54, 1.807) is 23.9 Å². The molecule has 0 radical (unpaired) electrons. The maximum atomic E-state index is 12.6. The van der Waals surface area contributed by atoms with Gasteiger partial charge >= 0.3 is 0 Å². The molecule has 5 nitrogen and oxygen atoms in total. The van der Waals surface area contributed by atoms with Crippen molar-refractivity contribution in [2.45, 2.75) is 6.92 Å². The molecule has 0 unspecified atom stereocenters. The van der Waals surface area contributed by atoms with Gasteiger partial charge < -0.3 is 9.88 Å². The minimum absolute atomic E-state index is 0.131. The fourth-order valence-corrected chi connectivity index (χ4v) is 4.19. The molecule has 4 rings (SSSR count). The van der Waals surface area contributed by atoms with Gasteiger partial charge in [-0.25, -0.2) is 9.97 Å². The van der Waals surface area contributed by atoms with Crippen molar-refractivity contribution in [3.63, 3.8) is 0 Å². The Morgan fingerprint density at radius 1 is 1.20 bits per heavy atom. The second-order valence-electron chi connectivity index (χ2n) is 5.38. The third-order valence-electron chi connectivity index (χ3n) is 3.66. The van der Waals surface area contributed by atoms with E-state index in [2.05, 4.69) is 15.3 Å². The van der Waals surface area contributed by atoms with Gasteiger partial charge in [0.1, 0.15) is 9.88 Å². The largest absolute Gasteiger partial charge is 0.321 e. The molecule has 0 aliphatic carbocycles. The number of amides is 1. The van der Waals surface area contributed by atoms with Crippen LogP contribution in [-0.4, -0.2) is 20.4 Å². The third-order valence-corrected chi connectivity index (χ3v) is 5.86. The maximum absolute atomic E-state index is 12.6. The zero-order valence-corrected chi connectivity index (χ0v) is 15.0. The summed E-state index contributed by atoms with van der Waals surface area (Å²) in [6, 6.07) is 11.6. The van der Waals surface area contributed by atoms with Crippen molar-refractivity contribution >= 4 is 34.3 Å². The molecule has 0 fully saturated rings. The Hall–Kier alpha value is -2.77. The summed E-state index contributed by atoms with van der Waals surface area (Å²) in [5.41, 5.74) is 2.49. The number of benzene rings is 1. The van der Waals surface area contributed by atoms with Gasteiger partial charge in [-0.05, 0) is 42.6 Å². The van der Waals surface area contributed by atoms with E-state index in [-0.39, 0.29) is 5.91 Å². The van der Waals surface area contributed by atoms with Crippen molar-refractivity contribution < 1.29 is 4.79 Å². The van der Waals surface area contributed by atoms with Crippen LogP contribution in [-0.2, 0) is 0 Å². The molecule has 0 spiro atoms. The molecule has 3 aromatic heterocycles. The van der Waals surface area contributed by atoms with E-state index in [4.69, 9.17) is 0 Å². The molecule has 0 aliphatic heterocycles. The Bertz CT molecular complexity index is 987. The van der Waals surface area contributed by atoms with E-state index in [0.29, 0.717) is 4.88 Å². The van der Waals surface area contributed by atoms with Crippen LogP contribution in [0.1, 0.15) is 15.4 Å². The summed E-state index contributed by atoms with van der Waals surface area (Å²) in [6.07, 6.45) is 5.34. The molecule has 4 aromatic rings. The van der Waals surface area contributed by atoms with E-state index in [0.717, 1.165) is 27.0 Å². The monoisotopic (exact) mass is 366 g/mol. The number of carbonyl (C=O) groups excluding carboxylic acids is 1. The number of thiazole rings is 1. The summed E-state index contributed by atoms with van der Waals surface area (Å²) in [5.74, 6) is -0.131. The van der Waals surface area contributed by atoms with Crippen molar-refractivity contribution in [1.29, 1.82) is 0 Å². The van der Waals surface area contributed by atoms with E-state index in [9.17, 15) is 4.79 Å². The predicted molar refractivity (Wildman–Crippen MR) is 102 cm³/mol. The van der Waals surface area contributed by atoms with Gasteiger partial charge in [0.15, 0.2) is 0 Å². The number of rotatable bonds is 4. The lowest BCUT2D eigenvalue weighted by molar-refractivity contribution is 0.103. The van der Waals surface area contributed by atoms with E-state index in [1.165, 1.54) is 11.3 Å². The molecule has 25 heavy (non-hydrogen) atoms. The standard InChI is InChI=1S/C18H14N4OS2/c1-12-16(25-18(20-12)15-3-2-10-24-15)17(23)21-13-4-6-14(7-5-13)22-9-8-19-11-22/h2-11H,1H3,(H,21,23). The van der Waals surface area contributed by atoms with E-state index < -0.39 is 0 Å². The molecular formula is C18H14N4OS2. The molecule has 3 heterocycles. The number of carbonyl (C=O) groups is 1. The highest BCUT2D eigenvalue weighted by molar-refractivity contribution is 7.22. The SMILES string of the molecule is Cc1nc(-c2cccs2)sc1C(=O)Nc1ccc(-n2ccnc2)cc1. The van der Waals surface area contributed by atoms with Crippen LogP contribution in [0.3, 0.4) is 0 Å². The highest BCUT2D eigenvalue weighted by Gasteiger charge is 2.16. The van der Waals surface area contributed by atoms with Crippen LogP contribution in [0.15, 0.2) is 60.5 Å². The molecule has 0 saturated carbocycles. The Morgan fingerprint density at radius 2 is 2.04 bits per heavy atom. The van der Waals surface area contributed by atoms with E-state index in [1.807, 2.05) is 59.5 Å². The topological polar surface area (TPSA) is 59.8 Å². The Labute approximate surface area is 152 Å². The molecule has 1 N–H and O–H groups in total. The average Bonchev–Trinajstić information content (AvgIpc) is 3.37. The average molecular weight is 366 g/mol. The van der Waals surface area contributed by atoms with Crippen LogP contribution >= 0.6 is 22.7 Å². The number of thiophene rings is 1. The van der Waals surface area contributed by atoms with Crippen LogP contribution in [0.4, 0.5) is 5.69 Å². The highest BCUT2D eigenvalue weighted by atomic mass is 32.1. The van der Waals surface area contributed by atoms with Crippen LogP contribution in [0.2, 0.25) is 0 Å². The molecule has 0 saturated heterocycles. The molecule has 1 amide bonds. The second-order valence-corrected chi connectivity index (χ2v) is 7.33. The summed E-state index contributed by atoms with van der Waals surface area (Å²) in [4.78, 5) is 22.9. The van der Waals surface area contributed by atoms with Gasteiger partial charge in [-0.2, -0.15) is 0 Å². The molecule has 0 atom stereocenters. The Kier molecular flexibility index (Phi) is 4.17. The van der Waals surface area contributed by atoms with Gasteiger partial charge in [0.25, 0.3) is 5.91 Å². The number of imidazole rings is 1. The molecular weight excluding hydrogens is 352 g/mol. The molecule has 124 valence electrons. The minimum atomic E-state index is -0.131. The van der Waals surface area contributed by atoms with Gasteiger partial charge in [0, 0.05) is 23.8 Å². The van der Waals surface area contributed by atoms with Gasteiger partial charge in [0.05, 0.1) is 16.9 Å². The fraction of sp³-hybridized carbons (Fsp3) is 0.0556. The predicted octanol–water partition coefficient (Wildman–Crippen LogP) is 4.62. The lowest BCUT2D eigenvalue weighted by Gasteiger charge is -2.06. The quantitative estimate of drug-likeness (QED) is 0.573. The summed E-state index contributed by atoms with van der Waals surface area (Å²) >= 11 is 3.04. The Morgan fingerprint density at radius 3 is 2.72 bits per heavy atom. The number of hydrogen-bond acceptors (Lipinski definition) is 5. The zero-order valence-electron chi connectivity index (χ0n) is 13.3. The number of hydrogen-bond donors (Lipinski definition) is 1. The summed E-state index contributed by atoms with van der Waals surface area (Å²) in [5, 5.41) is 5.83. The number of anilines is 1. The molecule has 1 aromatic carbocycles. The van der Waals surface area contributed by atoms with Crippen LogP contribution < -0.4 is 5.32 Å². The van der Waals surface area contributed by atoms with Gasteiger partial charge in [-0.3, -0.25) is 4.79 Å². The normalized spacial score (nSPS) is 10.8. The zero-order chi connectivity index (χ0) is 17.2. The van der Waals surface area contributed by atoms with Crippen molar-refractivity contribution in [2.24, 2.45) is 0 Å².